The molecule has 1 N–H and O–H groups in total. The normalized spacial score (nSPS) is 14.7. The first-order chi connectivity index (χ1) is 18.8. The number of nitrogens with zero attached hydrogens (tertiary/aromatic N) is 2. The van der Waals surface area contributed by atoms with Crippen LogP contribution >= 0.6 is 11.3 Å². The molecule has 0 atom stereocenters. The lowest BCUT2D eigenvalue weighted by molar-refractivity contribution is 0.0178. The summed E-state index contributed by atoms with van der Waals surface area (Å²) in [6.07, 6.45) is 1.69. The van der Waals surface area contributed by atoms with Crippen molar-refractivity contribution in [2.24, 2.45) is 5.92 Å². The molecule has 10 heteroatoms. The van der Waals surface area contributed by atoms with Crippen LogP contribution in [0.2, 0.25) is 0 Å². The third-order valence-corrected chi connectivity index (χ3v) is 8.15. The van der Waals surface area contributed by atoms with Gasteiger partial charge in [0.1, 0.15) is 23.9 Å². The van der Waals surface area contributed by atoms with Crippen LogP contribution in [-0.2, 0) is 5.92 Å². The Labute approximate surface area is 226 Å². The monoisotopic (exact) mass is 555 g/mol. The number of alkyl halides is 3. The van der Waals surface area contributed by atoms with E-state index in [0.29, 0.717) is 28.7 Å². The van der Waals surface area contributed by atoms with Crippen LogP contribution < -0.4 is 9.47 Å². The van der Waals surface area contributed by atoms with E-state index in [4.69, 9.17) is 9.47 Å². The Kier molecular flexibility index (Phi) is 6.68. The second-order valence-corrected chi connectivity index (χ2v) is 10.8. The number of aromatic amines is 1. The molecule has 0 saturated carbocycles. The van der Waals surface area contributed by atoms with Gasteiger partial charge >= 0.3 is 0 Å². The molecule has 39 heavy (non-hydrogen) atoms. The average molecular weight is 556 g/mol. The maximum atomic E-state index is 14.6. The van der Waals surface area contributed by atoms with Crippen molar-refractivity contribution in [3.8, 4) is 27.7 Å². The van der Waals surface area contributed by atoms with Crippen LogP contribution in [0.1, 0.15) is 12.5 Å². The fourth-order valence-corrected chi connectivity index (χ4v) is 6.16. The van der Waals surface area contributed by atoms with Crippen LogP contribution in [0.3, 0.4) is 0 Å². The number of ether oxygens (including phenoxy) is 2. The number of likely N-dealkylation sites (tertiary alicyclic amines) is 1. The zero-order valence-electron chi connectivity index (χ0n) is 21.0. The van der Waals surface area contributed by atoms with Crippen LogP contribution in [0.15, 0.2) is 60.8 Å². The summed E-state index contributed by atoms with van der Waals surface area (Å²) in [5.41, 5.74) is 0.603. The van der Waals surface area contributed by atoms with Gasteiger partial charge in [0, 0.05) is 59.1 Å². The van der Waals surface area contributed by atoms with Crippen LogP contribution in [-0.4, -0.2) is 48.0 Å². The summed E-state index contributed by atoms with van der Waals surface area (Å²) in [5.74, 6) is -2.30. The predicted molar refractivity (Wildman–Crippen MR) is 144 cm³/mol. The summed E-state index contributed by atoms with van der Waals surface area (Å²) in [4.78, 5) is 2.61. The zero-order valence-corrected chi connectivity index (χ0v) is 21.8. The van der Waals surface area contributed by atoms with Crippen LogP contribution in [0.25, 0.3) is 31.4 Å². The van der Waals surface area contributed by atoms with E-state index in [-0.39, 0.29) is 18.2 Å². The van der Waals surface area contributed by atoms with Gasteiger partial charge in [0.15, 0.2) is 5.75 Å². The summed E-state index contributed by atoms with van der Waals surface area (Å²) in [5, 5.41) is 8.62. The number of H-pyrrole nitrogens is 1. The quantitative estimate of drug-likeness (QED) is 0.189. The molecule has 0 spiro atoms. The summed E-state index contributed by atoms with van der Waals surface area (Å²) in [6.45, 7) is 3.20. The van der Waals surface area contributed by atoms with Gasteiger partial charge in [-0.15, -0.1) is 11.3 Å². The fraction of sp³-hybridized carbons (Fsp3) is 0.276. The molecule has 1 aliphatic rings. The minimum Gasteiger partial charge on any atom is -0.492 e. The van der Waals surface area contributed by atoms with Gasteiger partial charge in [-0.25, -0.2) is 13.2 Å². The molecule has 0 aliphatic carbocycles. The molecule has 202 valence electrons. The minimum absolute atomic E-state index is 0.138. The number of benzene rings is 3. The number of fused-ring (bicyclic) bond motifs is 3. The number of hydrogen-bond acceptors (Lipinski definition) is 5. The lowest BCUT2D eigenvalue weighted by Crippen LogP contribution is -2.49. The molecule has 0 bridgehead atoms. The second-order valence-electron chi connectivity index (χ2n) is 9.81. The van der Waals surface area contributed by atoms with Crippen molar-refractivity contribution in [2.45, 2.75) is 12.8 Å². The van der Waals surface area contributed by atoms with Gasteiger partial charge in [-0.3, -0.25) is 14.4 Å². The summed E-state index contributed by atoms with van der Waals surface area (Å²) in [6, 6.07) is 14.2. The van der Waals surface area contributed by atoms with E-state index in [0.717, 1.165) is 53.6 Å². The number of halogens is 4. The standard InChI is InChI=1S/C29H25F4N3O2S/c1-29(32,33)24-12-18(31)2-7-21(24)28-26(22-8-9-25-23(14-34-35-25)27(22)39-28)38-20-5-3-19(4-6-20)37-11-10-36-15-17(13-30)16-36/h2-9,12,14,17H,10-11,13,15-16H2,1H3,(H,34,35). The van der Waals surface area contributed by atoms with E-state index >= 15 is 0 Å². The van der Waals surface area contributed by atoms with Gasteiger partial charge in [0.05, 0.1) is 23.3 Å². The molecule has 5 aromatic rings. The Hall–Kier alpha value is -3.63. The van der Waals surface area contributed by atoms with Crippen LogP contribution in [0.4, 0.5) is 17.6 Å². The highest BCUT2D eigenvalue weighted by atomic mass is 32.1. The molecule has 0 unspecified atom stereocenters. The number of rotatable bonds is 9. The topological polar surface area (TPSA) is 50.4 Å². The summed E-state index contributed by atoms with van der Waals surface area (Å²) in [7, 11) is 0. The SMILES string of the molecule is CC(F)(F)c1cc(F)ccc1-c1sc2c(ccc3[nH]ncc32)c1Oc1ccc(OCCN2CC(CF)C2)cc1. The fourth-order valence-electron chi connectivity index (χ4n) is 4.88. The lowest BCUT2D eigenvalue weighted by atomic mass is 10.00. The summed E-state index contributed by atoms with van der Waals surface area (Å²) < 4.78 is 68.8. The molecule has 3 aromatic carbocycles. The highest BCUT2D eigenvalue weighted by molar-refractivity contribution is 7.23. The maximum Gasteiger partial charge on any atom is 0.271 e. The third-order valence-electron chi connectivity index (χ3n) is 6.90. The first-order valence-corrected chi connectivity index (χ1v) is 13.4. The van der Waals surface area contributed by atoms with Crippen molar-refractivity contribution in [2.75, 3.05) is 32.9 Å². The minimum atomic E-state index is -3.27. The van der Waals surface area contributed by atoms with Crippen molar-refractivity contribution < 1.29 is 27.0 Å². The Morgan fingerprint density at radius 1 is 1.05 bits per heavy atom. The number of thiophene rings is 1. The molecule has 2 aromatic heterocycles. The van der Waals surface area contributed by atoms with Gasteiger partial charge in [-0.2, -0.15) is 5.10 Å². The van der Waals surface area contributed by atoms with Gasteiger partial charge in [0.25, 0.3) is 5.92 Å². The Morgan fingerprint density at radius 2 is 1.82 bits per heavy atom. The predicted octanol–water partition coefficient (Wildman–Crippen LogP) is 7.77. The Bertz CT molecular complexity index is 1620. The third kappa shape index (κ3) is 5.06. The van der Waals surface area contributed by atoms with E-state index in [9.17, 15) is 17.6 Å². The van der Waals surface area contributed by atoms with Gasteiger partial charge in [0.2, 0.25) is 0 Å². The van der Waals surface area contributed by atoms with Gasteiger partial charge in [-0.1, -0.05) is 6.07 Å². The highest BCUT2D eigenvalue weighted by Crippen LogP contribution is 2.50. The Morgan fingerprint density at radius 3 is 2.56 bits per heavy atom. The van der Waals surface area contributed by atoms with Crippen molar-refractivity contribution in [1.29, 1.82) is 0 Å². The highest BCUT2D eigenvalue weighted by Gasteiger charge is 2.31. The largest absolute Gasteiger partial charge is 0.492 e. The smallest absolute Gasteiger partial charge is 0.271 e. The average Bonchev–Trinajstić information content (AvgIpc) is 3.51. The lowest BCUT2D eigenvalue weighted by Gasteiger charge is -2.37. The molecule has 1 fully saturated rings. The van der Waals surface area contributed by atoms with Gasteiger partial charge in [-0.05, 0) is 48.5 Å². The molecule has 6 rings (SSSR count). The first-order valence-electron chi connectivity index (χ1n) is 12.6. The van der Waals surface area contributed by atoms with Crippen molar-refractivity contribution in [3.63, 3.8) is 0 Å². The number of hydrogen-bond donors (Lipinski definition) is 1. The van der Waals surface area contributed by atoms with E-state index in [1.54, 1.807) is 30.5 Å². The maximum absolute atomic E-state index is 14.6. The first kappa shape index (κ1) is 25.6. The number of nitrogens with one attached hydrogen (secondary N) is 1. The number of aromatic nitrogens is 2. The molecule has 0 radical (unpaired) electrons. The van der Waals surface area contributed by atoms with Crippen molar-refractivity contribution in [1.82, 2.24) is 15.1 Å². The molecular formula is C29H25F4N3O2S. The summed E-state index contributed by atoms with van der Waals surface area (Å²) >= 11 is 1.30. The molecule has 1 saturated heterocycles. The van der Waals surface area contributed by atoms with E-state index in [2.05, 4.69) is 15.1 Å². The molecule has 1 aliphatic heterocycles. The van der Waals surface area contributed by atoms with E-state index < -0.39 is 17.3 Å². The van der Waals surface area contributed by atoms with Crippen LogP contribution in [0.5, 0.6) is 17.2 Å². The van der Waals surface area contributed by atoms with Gasteiger partial charge < -0.3 is 9.47 Å². The second kappa shape index (κ2) is 10.2. The van der Waals surface area contributed by atoms with Crippen molar-refractivity contribution >= 4 is 32.3 Å². The zero-order chi connectivity index (χ0) is 27.1. The molecule has 5 nitrogen and oxygen atoms in total. The molecule has 3 heterocycles. The molecule has 0 amide bonds. The van der Waals surface area contributed by atoms with E-state index in [1.807, 2.05) is 12.1 Å². The van der Waals surface area contributed by atoms with Crippen molar-refractivity contribution in [3.05, 3.63) is 72.2 Å². The Balaban J connectivity index is 1.32. The molecular weight excluding hydrogens is 530 g/mol. The van der Waals surface area contributed by atoms with Crippen LogP contribution in [0, 0.1) is 11.7 Å². The van der Waals surface area contributed by atoms with E-state index in [1.165, 1.54) is 23.5 Å².